The molecule has 0 spiro atoms. The molecular weight excluding hydrogens is 691 g/mol. The third kappa shape index (κ3) is 5.06. The number of nitrogens with zero attached hydrogens (tertiary/aromatic N) is 5. The molecule has 0 saturated heterocycles. The molecule has 0 amide bonds. The van der Waals surface area contributed by atoms with Gasteiger partial charge in [-0.05, 0) is 69.8 Å². The topological polar surface area (TPSA) is 56.5 Å². The Morgan fingerprint density at radius 2 is 1.04 bits per heavy atom. The van der Waals surface area contributed by atoms with E-state index in [4.69, 9.17) is 19.9 Å². The average molecular weight is 724 g/mol. The molecule has 0 saturated carbocycles. The van der Waals surface area contributed by atoms with E-state index in [0.717, 1.165) is 60.1 Å². The molecule has 0 radical (unpaired) electrons. The molecule has 7 aromatic carbocycles. The van der Waals surface area contributed by atoms with Crippen LogP contribution >= 0.6 is 11.3 Å². The Labute approximate surface area is 322 Å². The van der Waals surface area contributed by atoms with Gasteiger partial charge in [-0.2, -0.15) is 9.97 Å². The van der Waals surface area contributed by atoms with Crippen LogP contribution in [0.1, 0.15) is 25.0 Å². The van der Waals surface area contributed by atoms with Crippen molar-refractivity contribution in [1.29, 1.82) is 0 Å². The summed E-state index contributed by atoms with van der Waals surface area (Å²) in [5, 5.41) is 3.39. The molecule has 1 aliphatic rings. The van der Waals surface area contributed by atoms with E-state index in [1.807, 2.05) is 24.3 Å². The van der Waals surface area contributed by atoms with E-state index in [-0.39, 0.29) is 5.41 Å². The van der Waals surface area contributed by atoms with Gasteiger partial charge in [0.2, 0.25) is 5.95 Å². The fourth-order valence-electron chi connectivity index (χ4n) is 8.32. The molecule has 11 rings (SSSR count). The van der Waals surface area contributed by atoms with E-state index in [1.54, 1.807) is 11.3 Å². The third-order valence-electron chi connectivity index (χ3n) is 11.1. The van der Waals surface area contributed by atoms with Crippen LogP contribution in [0.3, 0.4) is 0 Å². The molecule has 0 N–H and O–H groups in total. The second-order valence-corrected chi connectivity index (χ2v) is 15.8. The van der Waals surface area contributed by atoms with Crippen LogP contribution in [-0.4, -0.2) is 24.5 Å². The predicted molar refractivity (Wildman–Crippen MR) is 227 cm³/mol. The summed E-state index contributed by atoms with van der Waals surface area (Å²) in [4.78, 5) is 20.5. The molecule has 260 valence electrons. The molecule has 3 heterocycles. The Bertz CT molecular complexity index is 3070. The van der Waals surface area contributed by atoms with Gasteiger partial charge >= 0.3 is 0 Å². The first-order valence-corrected chi connectivity index (χ1v) is 19.4. The van der Waals surface area contributed by atoms with E-state index in [0.29, 0.717) is 17.6 Å². The maximum absolute atomic E-state index is 5.20. The SMILES string of the molecule is CC1(C)c2cc(-c3cccc(-c4nc(-c5ccccc5)nc(-n5c6ccccc6c6ccccc65)n4)c3)ccc2-c2cc3nc(-c4ccccc4)sc3cc21. The molecule has 0 aliphatic heterocycles. The van der Waals surface area contributed by atoms with Gasteiger partial charge in [0.25, 0.3) is 0 Å². The van der Waals surface area contributed by atoms with Crippen molar-refractivity contribution in [2.45, 2.75) is 19.3 Å². The largest absolute Gasteiger partial charge is 0.278 e. The summed E-state index contributed by atoms with van der Waals surface area (Å²) in [6.45, 7) is 4.68. The van der Waals surface area contributed by atoms with Crippen molar-refractivity contribution in [3.63, 3.8) is 0 Å². The monoisotopic (exact) mass is 723 g/mol. The molecule has 0 atom stereocenters. The highest BCUT2D eigenvalue weighted by Crippen LogP contribution is 2.51. The molecular formula is C49H33N5S. The highest BCUT2D eigenvalue weighted by Gasteiger charge is 2.36. The molecule has 0 unspecified atom stereocenters. The Kier molecular flexibility index (Phi) is 7.00. The molecule has 55 heavy (non-hydrogen) atoms. The lowest BCUT2D eigenvalue weighted by atomic mass is 9.81. The summed E-state index contributed by atoms with van der Waals surface area (Å²) in [6.07, 6.45) is 0. The number of aromatic nitrogens is 5. The van der Waals surface area contributed by atoms with Crippen LogP contribution in [0, 0.1) is 0 Å². The highest BCUT2D eigenvalue weighted by molar-refractivity contribution is 7.21. The Balaban J connectivity index is 1.02. The standard InChI is InChI=1S/C49H33N5S/c1-49(2)39-27-33(24-25-35(39)38-28-41-44(29-40(38)49)55-47(50-41)31-16-7-4-8-17-31)32-18-13-19-34(26-32)46-51-45(30-14-5-3-6-15-30)52-48(53-46)54-42-22-11-9-20-36(42)37-21-10-12-23-43(37)54/h3-29H,1-2H3. The van der Waals surface area contributed by atoms with Gasteiger partial charge in [-0.3, -0.25) is 4.57 Å². The van der Waals surface area contributed by atoms with Gasteiger partial charge in [0.15, 0.2) is 11.6 Å². The number of benzene rings is 7. The van der Waals surface area contributed by atoms with Crippen LogP contribution in [0.4, 0.5) is 0 Å². The normalized spacial score (nSPS) is 13.1. The van der Waals surface area contributed by atoms with Crippen molar-refractivity contribution in [3.05, 3.63) is 175 Å². The third-order valence-corrected chi connectivity index (χ3v) is 12.2. The zero-order chi connectivity index (χ0) is 36.7. The zero-order valence-electron chi connectivity index (χ0n) is 30.2. The minimum atomic E-state index is -0.167. The van der Waals surface area contributed by atoms with Crippen LogP contribution < -0.4 is 0 Å². The van der Waals surface area contributed by atoms with Gasteiger partial charge in [-0.25, -0.2) is 9.97 Å². The zero-order valence-corrected chi connectivity index (χ0v) is 31.0. The van der Waals surface area contributed by atoms with Gasteiger partial charge in [0.1, 0.15) is 5.01 Å². The molecule has 6 heteroatoms. The maximum atomic E-state index is 5.20. The van der Waals surface area contributed by atoms with Crippen molar-refractivity contribution < 1.29 is 0 Å². The van der Waals surface area contributed by atoms with Crippen molar-refractivity contribution in [2.75, 3.05) is 0 Å². The first-order valence-electron chi connectivity index (χ1n) is 18.6. The van der Waals surface area contributed by atoms with Crippen LogP contribution in [-0.2, 0) is 5.41 Å². The van der Waals surface area contributed by atoms with E-state index < -0.39 is 0 Å². The van der Waals surface area contributed by atoms with Gasteiger partial charge in [-0.1, -0.05) is 141 Å². The number of para-hydroxylation sites is 2. The lowest BCUT2D eigenvalue weighted by Gasteiger charge is -2.22. The maximum Gasteiger partial charge on any atom is 0.238 e. The van der Waals surface area contributed by atoms with Crippen LogP contribution in [0.2, 0.25) is 0 Å². The summed E-state index contributed by atoms with van der Waals surface area (Å²) < 4.78 is 3.38. The number of hydrogen-bond acceptors (Lipinski definition) is 5. The Hall–Kier alpha value is -6.76. The van der Waals surface area contributed by atoms with Crippen molar-refractivity contribution in [1.82, 2.24) is 24.5 Å². The van der Waals surface area contributed by atoms with Crippen molar-refractivity contribution >= 4 is 43.4 Å². The molecule has 3 aromatic heterocycles. The second-order valence-electron chi connectivity index (χ2n) is 14.7. The van der Waals surface area contributed by atoms with Gasteiger partial charge in [0.05, 0.1) is 21.3 Å². The number of thiazole rings is 1. The fraction of sp³-hybridized carbons (Fsp3) is 0.0612. The van der Waals surface area contributed by atoms with E-state index in [2.05, 4.69) is 158 Å². The highest BCUT2D eigenvalue weighted by atomic mass is 32.1. The van der Waals surface area contributed by atoms with Crippen LogP contribution in [0.25, 0.3) is 93.6 Å². The lowest BCUT2D eigenvalue weighted by Crippen LogP contribution is -2.15. The van der Waals surface area contributed by atoms with Gasteiger partial charge in [-0.15, -0.1) is 11.3 Å². The minimum absolute atomic E-state index is 0.167. The van der Waals surface area contributed by atoms with Gasteiger partial charge in [0, 0.05) is 32.9 Å². The number of hydrogen-bond donors (Lipinski definition) is 0. The lowest BCUT2D eigenvalue weighted by molar-refractivity contribution is 0.661. The molecule has 0 fully saturated rings. The summed E-state index contributed by atoms with van der Waals surface area (Å²) in [6, 6.07) is 57.7. The fourth-order valence-corrected chi connectivity index (χ4v) is 9.32. The minimum Gasteiger partial charge on any atom is -0.278 e. The van der Waals surface area contributed by atoms with E-state index in [9.17, 15) is 0 Å². The quantitative estimate of drug-likeness (QED) is 0.177. The first-order chi connectivity index (χ1) is 27.0. The number of fused-ring (bicyclic) bond motifs is 7. The Morgan fingerprint density at radius 1 is 0.455 bits per heavy atom. The molecule has 10 aromatic rings. The first kappa shape index (κ1) is 31.7. The molecule has 5 nitrogen and oxygen atoms in total. The van der Waals surface area contributed by atoms with E-state index >= 15 is 0 Å². The second kappa shape index (κ2) is 12.1. The van der Waals surface area contributed by atoms with Crippen LogP contribution in [0.15, 0.2) is 164 Å². The summed E-state index contributed by atoms with van der Waals surface area (Å²) in [5.41, 5.74) is 13.5. The van der Waals surface area contributed by atoms with Crippen molar-refractivity contribution in [2.24, 2.45) is 0 Å². The summed E-state index contributed by atoms with van der Waals surface area (Å²) >= 11 is 1.77. The smallest absolute Gasteiger partial charge is 0.238 e. The van der Waals surface area contributed by atoms with Crippen LogP contribution in [0.5, 0.6) is 0 Å². The molecule has 1 aliphatic carbocycles. The molecule has 0 bridgehead atoms. The summed E-state index contributed by atoms with van der Waals surface area (Å²) in [7, 11) is 0. The van der Waals surface area contributed by atoms with E-state index in [1.165, 1.54) is 27.0 Å². The van der Waals surface area contributed by atoms with Gasteiger partial charge < -0.3 is 0 Å². The average Bonchev–Trinajstić information content (AvgIpc) is 3.88. The Morgan fingerprint density at radius 3 is 1.76 bits per heavy atom. The summed E-state index contributed by atoms with van der Waals surface area (Å²) in [5.74, 6) is 1.85. The number of rotatable bonds is 5. The van der Waals surface area contributed by atoms with Crippen molar-refractivity contribution in [3.8, 4) is 61.5 Å². The predicted octanol–water partition coefficient (Wildman–Crippen LogP) is 12.6.